The van der Waals surface area contributed by atoms with E-state index in [-0.39, 0.29) is 5.97 Å². The minimum atomic E-state index is -0.272. The Hall–Kier alpha value is -4.05. The number of phenolic OH excluding ortho intramolecular Hbond substituents is 1. The summed E-state index contributed by atoms with van der Waals surface area (Å²) < 4.78 is 10.6. The molecule has 49 heavy (non-hydrogen) atoms. The van der Waals surface area contributed by atoms with Crippen LogP contribution in [0.3, 0.4) is 0 Å². The molecule has 0 aliphatic carbocycles. The van der Waals surface area contributed by atoms with Gasteiger partial charge in [0.25, 0.3) is 0 Å². The standard InChI is InChI=1S/C16H22O2.C15H22O.C14H20O/c1-11(2)6-7-15-10-14(12(3)4)8-9-16(15)18-13(5)17;1-11(2)6-7-14-10-13(12(3)4)8-9-15(14)16-5;1-10(2)5-6-13-9-12(11(3)4)7-8-14(13)15/h6,8-10,12H,7H2,1-5H3;6,8-10,12H,7H2,1-5H3;5,7-9,11,15H,6H2,1-4H3. The van der Waals surface area contributed by atoms with Crippen molar-refractivity contribution in [2.75, 3.05) is 7.11 Å². The first kappa shape index (κ1) is 43.0. The number of hydrogen-bond acceptors (Lipinski definition) is 4. The van der Waals surface area contributed by atoms with Gasteiger partial charge in [-0.2, -0.15) is 0 Å². The molecule has 0 bridgehead atoms. The molecule has 3 rings (SSSR count). The zero-order valence-corrected chi connectivity index (χ0v) is 33.0. The summed E-state index contributed by atoms with van der Waals surface area (Å²) in [5, 5.41) is 9.70. The number of phenols is 1. The van der Waals surface area contributed by atoms with Gasteiger partial charge in [-0.15, -0.1) is 0 Å². The monoisotopic (exact) mass is 668 g/mol. The van der Waals surface area contributed by atoms with Crippen LogP contribution in [0.1, 0.15) is 141 Å². The molecule has 0 saturated carbocycles. The van der Waals surface area contributed by atoms with Crippen LogP contribution >= 0.6 is 0 Å². The van der Waals surface area contributed by atoms with Crippen LogP contribution in [0.4, 0.5) is 0 Å². The number of benzene rings is 3. The van der Waals surface area contributed by atoms with Crippen LogP contribution in [-0.4, -0.2) is 18.2 Å². The molecular weight excluding hydrogens is 604 g/mol. The smallest absolute Gasteiger partial charge is 0.308 e. The minimum absolute atomic E-state index is 0.272. The first-order valence-electron chi connectivity index (χ1n) is 17.6. The van der Waals surface area contributed by atoms with Gasteiger partial charge < -0.3 is 14.6 Å². The molecule has 0 aliphatic heterocycles. The van der Waals surface area contributed by atoms with Gasteiger partial charge in [-0.05, 0) is 130 Å². The molecule has 0 unspecified atom stereocenters. The minimum Gasteiger partial charge on any atom is -0.508 e. The summed E-state index contributed by atoms with van der Waals surface area (Å²) in [6, 6.07) is 18.4. The summed E-state index contributed by atoms with van der Waals surface area (Å²) in [4.78, 5) is 11.1. The molecule has 268 valence electrons. The lowest BCUT2D eigenvalue weighted by molar-refractivity contribution is -0.131. The predicted molar refractivity (Wildman–Crippen MR) is 211 cm³/mol. The van der Waals surface area contributed by atoms with Gasteiger partial charge in [0, 0.05) is 6.92 Å². The number of rotatable bonds is 11. The third kappa shape index (κ3) is 16.8. The summed E-state index contributed by atoms with van der Waals surface area (Å²) in [6.45, 7) is 27.0. The number of carbonyl (C=O) groups excluding carboxylic acids is 1. The average molecular weight is 669 g/mol. The summed E-state index contributed by atoms with van der Waals surface area (Å²) in [5.74, 6) is 3.34. The fourth-order valence-corrected chi connectivity index (χ4v) is 4.76. The third-order valence-corrected chi connectivity index (χ3v) is 7.94. The lowest BCUT2D eigenvalue weighted by Gasteiger charge is -2.12. The molecule has 0 radical (unpaired) electrons. The number of hydrogen-bond donors (Lipinski definition) is 1. The molecule has 3 aromatic rings. The summed E-state index contributed by atoms with van der Waals surface area (Å²) >= 11 is 0. The maximum absolute atomic E-state index is 11.1. The van der Waals surface area contributed by atoms with Gasteiger partial charge in [0.1, 0.15) is 17.2 Å². The topological polar surface area (TPSA) is 55.8 Å². The number of esters is 1. The number of carbonyl (C=O) groups is 1. The van der Waals surface area contributed by atoms with Crippen LogP contribution in [0.25, 0.3) is 0 Å². The molecule has 0 aromatic heterocycles. The molecule has 3 aromatic carbocycles. The molecule has 0 aliphatic rings. The van der Waals surface area contributed by atoms with Crippen molar-refractivity contribution < 1.29 is 19.4 Å². The first-order chi connectivity index (χ1) is 22.9. The van der Waals surface area contributed by atoms with Crippen molar-refractivity contribution in [3.8, 4) is 17.2 Å². The maximum Gasteiger partial charge on any atom is 0.308 e. The SMILES string of the molecule is CC(=O)Oc1ccc(C(C)C)cc1CC=C(C)C.CC(C)=CCc1cc(C(C)C)ccc1O.COc1ccc(C(C)C)cc1CC=C(C)C. The highest BCUT2D eigenvalue weighted by Gasteiger charge is 2.09. The Labute approximate surface area is 299 Å². The molecule has 0 saturated heterocycles. The van der Waals surface area contributed by atoms with E-state index in [1.807, 2.05) is 18.2 Å². The van der Waals surface area contributed by atoms with Crippen LogP contribution in [0.2, 0.25) is 0 Å². The fraction of sp³-hybridized carbons (Fsp3) is 0.444. The Bertz CT molecular complexity index is 1550. The van der Waals surface area contributed by atoms with Crippen molar-refractivity contribution in [1.29, 1.82) is 0 Å². The highest BCUT2D eigenvalue weighted by Crippen LogP contribution is 2.27. The summed E-state index contributed by atoms with van der Waals surface area (Å²) in [6.07, 6.45) is 9.08. The van der Waals surface area contributed by atoms with E-state index in [4.69, 9.17) is 9.47 Å². The Balaban J connectivity index is 0.000000369. The number of ether oxygens (including phenoxy) is 2. The van der Waals surface area contributed by atoms with Crippen molar-refractivity contribution in [2.24, 2.45) is 0 Å². The lowest BCUT2D eigenvalue weighted by atomic mass is 9.98. The third-order valence-electron chi connectivity index (χ3n) is 7.94. The van der Waals surface area contributed by atoms with Gasteiger partial charge >= 0.3 is 5.97 Å². The van der Waals surface area contributed by atoms with Crippen molar-refractivity contribution in [2.45, 2.75) is 127 Å². The van der Waals surface area contributed by atoms with Crippen LogP contribution < -0.4 is 9.47 Å². The number of aromatic hydroxyl groups is 1. The van der Waals surface area contributed by atoms with Crippen molar-refractivity contribution in [3.05, 3.63) is 123 Å². The molecule has 4 heteroatoms. The van der Waals surface area contributed by atoms with Crippen LogP contribution in [0, 0.1) is 0 Å². The zero-order chi connectivity index (χ0) is 37.3. The van der Waals surface area contributed by atoms with Crippen molar-refractivity contribution >= 4 is 5.97 Å². The fourth-order valence-electron chi connectivity index (χ4n) is 4.76. The molecule has 0 amide bonds. The highest BCUT2D eigenvalue weighted by atomic mass is 16.5. The first-order valence-corrected chi connectivity index (χ1v) is 17.6. The van der Waals surface area contributed by atoms with Gasteiger partial charge in [-0.3, -0.25) is 4.79 Å². The Morgan fingerprint density at radius 3 is 1.29 bits per heavy atom. The molecule has 0 atom stereocenters. The highest BCUT2D eigenvalue weighted by molar-refractivity contribution is 5.70. The lowest BCUT2D eigenvalue weighted by Crippen LogP contribution is -2.04. The zero-order valence-electron chi connectivity index (χ0n) is 33.0. The normalized spacial score (nSPS) is 10.4. The van der Waals surface area contributed by atoms with E-state index in [9.17, 15) is 9.90 Å². The van der Waals surface area contributed by atoms with Crippen LogP contribution in [0.15, 0.2) is 89.5 Å². The summed E-state index contributed by atoms with van der Waals surface area (Å²) in [7, 11) is 1.73. The predicted octanol–water partition coefficient (Wildman–Crippen LogP) is 12.6. The molecule has 0 heterocycles. The van der Waals surface area contributed by atoms with Crippen molar-refractivity contribution in [1.82, 2.24) is 0 Å². The van der Waals surface area contributed by atoms with E-state index < -0.39 is 0 Å². The van der Waals surface area contributed by atoms with Gasteiger partial charge in [0.15, 0.2) is 0 Å². The van der Waals surface area contributed by atoms with Gasteiger partial charge in [0.2, 0.25) is 0 Å². The average Bonchev–Trinajstić information content (AvgIpc) is 3.02. The molecule has 0 spiro atoms. The van der Waals surface area contributed by atoms with E-state index >= 15 is 0 Å². The summed E-state index contributed by atoms with van der Waals surface area (Å²) in [5.41, 5.74) is 11.2. The van der Waals surface area contributed by atoms with E-state index in [0.717, 1.165) is 36.1 Å². The van der Waals surface area contributed by atoms with E-state index in [0.29, 0.717) is 29.3 Å². The molecule has 1 N–H and O–H groups in total. The molecular formula is C45H64O4. The van der Waals surface area contributed by atoms with Gasteiger partial charge in [0.05, 0.1) is 7.11 Å². The van der Waals surface area contributed by atoms with Crippen LogP contribution in [-0.2, 0) is 24.1 Å². The largest absolute Gasteiger partial charge is 0.508 e. The Kier molecular flexibility index (Phi) is 19.1. The second-order valence-electron chi connectivity index (χ2n) is 14.3. The quantitative estimate of drug-likeness (QED) is 0.125. The van der Waals surface area contributed by atoms with E-state index in [1.54, 1.807) is 13.2 Å². The number of allylic oxidation sites excluding steroid dienone is 6. The molecule has 4 nitrogen and oxygen atoms in total. The van der Waals surface area contributed by atoms with Crippen LogP contribution in [0.5, 0.6) is 17.2 Å². The van der Waals surface area contributed by atoms with E-state index in [1.165, 1.54) is 45.9 Å². The second-order valence-corrected chi connectivity index (χ2v) is 14.3. The number of methoxy groups -OCH3 is 1. The van der Waals surface area contributed by atoms with Gasteiger partial charge in [-0.25, -0.2) is 0 Å². The Morgan fingerprint density at radius 1 is 0.571 bits per heavy atom. The van der Waals surface area contributed by atoms with Crippen molar-refractivity contribution in [3.63, 3.8) is 0 Å². The Morgan fingerprint density at radius 2 is 0.918 bits per heavy atom. The van der Waals surface area contributed by atoms with Gasteiger partial charge in [-0.1, -0.05) is 113 Å². The maximum atomic E-state index is 11.1. The molecule has 0 fully saturated rings. The van der Waals surface area contributed by atoms with E-state index in [2.05, 4.69) is 132 Å². The second kappa shape index (κ2) is 21.8.